The zero-order chi connectivity index (χ0) is 15.1. The molecule has 0 bridgehead atoms. The van der Waals surface area contributed by atoms with Gasteiger partial charge in [-0.05, 0) is 43.3 Å². The molecule has 0 unspecified atom stereocenters. The summed E-state index contributed by atoms with van der Waals surface area (Å²) in [6, 6.07) is 11.1. The summed E-state index contributed by atoms with van der Waals surface area (Å²) in [5.41, 5.74) is 4.85. The van der Waals surface area contributed by atoms with Crippen molar-refractivity contribution >= 4 is 33.5 Å². The topological polar surface area (TPSA) is 86.5 Å². The van der Waals surface area contributed by atoms with E-state index in [1.807, 2.05) is 31.2 Å². The predicted octanol–water partition coefficient (Wildman–Crippen LogP) is 3.00. The molecule has 22 heavy (non-hydrogen) atoms. The van der Waals surface area contributed by atoms with Gasteiger partial charge in [0, 0.05) is 16.6 Å². The molecule has 6 heteroatoms. The van der Waals surface area contributed by atoms with Gasteiger partial charge in [0.15, 0.2) is 0 Å². The second kappa shape index (κ2) is 4.70. The van der Waals surface area contributed by atoms with Crippen LogP contribution < -0.4 is 5.32 Å². The van der Waals surface area contributed by atoms with E-state index in [9.17, 15) is 4.79 Å². The van der Waals surface area contributed by atoms with Crippen molar-refractivity contribution in [2.75, 3.05) is 5.32 Å². The number of rotatable bonds is 2. The zero-order valence-corrected chi connectivity index (χ0v) is 11.8. The molecule has 0 spiro atoms. The average molecular weight is 291 g/mol. The lowest BCUT2D eigenvalue weighted by atomic mass is 10.1. The highest BCUT2D eigenvalue weighted by Gasteiger charge is 2.09. The number of nitrogens with one attached hydrogen (secondary N) is 3. The van der Waals surface area contributed by atoms with Gasteiger partial charge in [-0.1, -0.05) is 0 Å². The van der Waals surface area contributed by atoms with Gasteiger partial charge in [0.25, 0.3) is 5.91 Å². The Balaban J connectivity index is 1.65. The lowest BCUT2D eigenvalue weighted by molar-refractivity contribution is 0.102. The molecule has 0 aliphatic rings. The first kappa shape index (κ1) is 12.6. The molecule has 0 atom stereocenters. The summed E-state index contributed by atoms with van der Waals surface area (Å²) in [6.07, 6.45) is 1.61. The molecular formula is C16H13N5O. The third-order valence-corrected chi connectivity index (χ3v) is 3.69. The number of benzene rings is 2. The van der Waals surface area contributed by atoms with Crippen LogP contribution in [0.5, 0.6) is 0 Å². The van der Waals surface area contributed by atoms with Crippen molar-refractivity contribution in [2.24, 2.45) is 0 Å². The predicted molar refractivity (Wildman–Crippen MR) is 84.9 cm³/mol. The van der Waals surface area contributed by atoms with Crippen molar-refractivity contribution in [1.82, 2.24) is 20.2 Å². The molecule has 0 saturated carbocycles. The van der Waals surface area contributed by atoms with Crippen molar-refractivity contribution in [3.05, 3.63) is 54.0 Å². The fourth-order valence-corrected chi connectivity index (χ4v) is 2.50. The maximum atomic E-state index is 12.4. The molecule has 0 aliphatic carbocycles. The number of carbonyl (C=O) groups is 1. The van der Waals surface area contributed by atoms with Gasteiger partial charge in [0.2, 0.25) is 0 Å². The minimum Gasteiger partial charge on any atom is -0.345 e. The van der Waals surface area contributed by atoms with E-state index in [1.54, 1.807) is 18.5 Å². The standard InChI is InChI=1S/C16H13N5O/c1-9-12-7-11(3-5-13(12)21-20-9)19-16(22)10-2-4-14-15(6-10)18-8-17-14/h2-8H,1H3,(H,17,18)(H,19,22)(H,20,21). The van der Waals surface area contributed by atoms with Crippen molar-refractivity contribution in [1.29, 1.82) is 0 Å². The van der Waals surface area contributed by atoms with E-state index in [0.29, 0.717) is 5.56 Å². The van der Waals surface area contributed by atoms with Crippen LogP contribution in [0.3, 0.4) is 0 Å². The van der Waals surface area contributed by atoms with E-state index in [0.717, 1.165) is 33.3 Å². The molecule has 0 radical (unpaired) electrons. The zero-order valence-electron chi connectivity index (χ0n) is 11.8. The van der Waals surface area contributed by atoms with Gasteiger partial charge in [-0.3, -0.25) is 9.89 Å². The Morgan fingerprint density at radius 2 is 2.00 bits per heavy atom. The Labute approximate surface area is 125 Å². The quantitative estimate of drug-likeness (QED) is 0.530. The van der Waals surface area contributed by atoms with Crippen LogP contribution in [0.4, 0.5) is 5.69 Å². The van der Waals surface area contributed by atoms with Crippen LogP contribution in [0, 0.1) is 6.92 Å². The van der Waals surface area contributed by atoms with Gasteiger partial charge in [-0.2, -0.15) is 5.10 Å². The largest absolute Gasteiger partial charge is 0.345 e. The minimum absolute atomic E-state index is 0.162. The number of anilines is 1. The van der Waals surface area contributed by atoms with E-state index in [1.165, 1.54) is 0 Å². The first-order valence-corrected chi connectivity index (χ1v) is 6.90. The molecule has 3 N–H and O–H groups in total. The first-order chi connectivity index (χ1) is 10.7. The van der Waals surface area contributed by atoms with Gasteiger partial charge >= 0.3 is 0 Å². The van der Waals surface area contributed by atoms with Crippen molar-refractivity contribution < 1.29 is 4.79 Å². The summed E-state index contributed by atoms with van der Waals surface area (Å²) in [4.78, 5) is 19.5. The third-order valence-electron chi connectivity index (χ3n) is 3.69. The van der Waals surface area contributed by atoms with Crippen LogP contribution in [0.15, 0.2) is 42.7 Å². The van der Waals surface area contributed by atoms with E-state index in [-0.39, 0.29) is 5.91 Å². The fourth-order valence-electron chi connectivity index (χ4n) is 2.50. The monoisotopic (exact) mass is 291 g/mol. The maximum absolute atomic E-state index is 12.4. The molecule has 0 fully saturated rings. The van der Waals surface area contributed by atoms with E-state index in [4.69, 9.17) is 0 Å². The SMILES string of the molecule is Cc1n[nH]c2ccc(NC(=O)c3ccc4[nH]cnc4c3)cc12. The van der Waals surface area contributed by atoms with Crippen molar-refractivity contribution in [3.8, 4) is 0 Å². The molecule has 2 aromatic heterocycles. The van der Waals surface area contributed by atoms with Gasteiger partial charge in [-0.15, -0.1) is 0 Å². The highest BCUT2D eigenvalue weighted by Crippen LogP contribution is 2.21. The van der Waals surface area contributed by atoms with E-state index in [2.05, 4.69) is 25.5 Å². The summed E-state index contributed by atoms with van der Waals surface area (Å²) in [6.45, 7) is 1.93. The lowest BCUT2D eigenvalue weighted by Gasteiger charge is -2.05. The molecule has 1 amide bonds. The Morgan fingerprint density at radius 3 is 2.91 bits per heavy atom. The van der Waals surface area contributed by atoms with Gasteiger partial charge in [0.1, 0.15) is 0 Å². The van der Waals surface area contributed by atoms with Crippen molar-refractivity contribution in [2.45, 2.75) is 6.92 Å². The fraction of sp³-hybridized carbons (Fsp3) is 0.0625. The van der Waals surface area contributed by atoms with Crippen LogP contribution in [0.1, 0.15) is 16.1 Å². The number of imidazole rings is 1. The van der Waals surface area contributed by atoms with Gasteiger partial charge in [0.05, 0.1) is 28.6 Å². The molecule has 0 aliphatic heterocycles. The summed E-state index contributed by atoms with van der Waals surface area (Å²) in [7, 11) is 0. The Bertz CT molecular complexity index is 998. The summed E-state index contributed by atoms with van der Waals surface area (Å²) < 4.78 is 0. The number of amides is 1. The molecule has 4 rings (SSSR count). The number of hydrogen-bond acceptors (Lipinski definition) is 3. The maximum Gasteiger partial charge on any atom is 0.255 e. The van der Waals surface area contributed by atoms with Gasteiger partial charge in [-0.25, -0.2) is 4.98 Å². The number of nitrogens with zero attached hydrogens (tertiary/aromatic N) is 2. The Hall–Kier alpha value is -3.15. The molecule has 2 heterocycles. The average Bonchev–Trinajstić information content (AvgIpc) is 3.13. The van der Waals surface area contributed by atoms with E-state index < -0.39 is 0 Å². The number of aromatic amines is 2. The Morgan fingerprint density at radius 1 is 1.14 bits per heavy atom. The van der Waals surface area contributed by atoms with Gasteiger partial charge < -0.3 is 10.3 Å². The normalized spacial score (nSPS) is 11.1. The summed E-state index contributed by atoms with van der Waals surface area (Å²) in [5.74, 6) is -0.162. The smallest absolute Gasteiger partial charge is 0.255 e. The first-order valence-electron chi connectivity index (χ1n) is 6.90. The number of fused-ring (bicyclic) bond motifs is 2. The second-order valence-corrected chi connectivity index (χ2v) is 5.16. The molecule has 0 saturated heterocycles. The molecule has 4 aromatic rings. The highest BCUT2D eigenvalue weighted by atomic mass is 16.1. The number of aromatic nitrogens is 4. The minimum atomic E-state index is -0.162. The summed E-state index contributed by atoms with van der Waals surface area (Å²) >= 11 is 0. The number of aryl methyl sites for hydroxylation is 1. The highest BCUT2D eigenvalue weighted by molar-refractivity contribution is 6.06. The number of H-pyrrole nitrogens is 2. The second-order valence-electron chi connectivity index (χ2n) is 5.16. The van der Waals surface area contributed by atoms with Crippen LogP contribution in [0.2, 0.25) is 0 Å². The van der Waals surface area contributed by atoms with Crippen LogP contribution in [0.25, 0.3) is 21.9 Å². The Kier molecular flexibility index (Phi) is 2.69. The number of hydrogen-bond donors (Lipinski definition) is 3. The van der Waals surface area contributed by atoms with Crippen molar-refractivity contribution in [3.63, 3.8) is 0 Å². The summed E-state index contributed by atoms with van der Waals surface area (Å²) in [5, 5.41) is 11.0. The van der Waals surface area contributed by atoms with Crippen LogP contribution >= 0.6 is 0 Å². The van der Waals surface area contributed by atoms with E-state index >= 15 is 0 Å². The molecular weight excluding hydrogens is 278 g/mol. The third kappa shape index (κ3) is 2.01. The lowest BCUT2D eigenvalue weighted by Crippen LogP contribution is -2.11. The molecule has 2 aromatic carbocycles. The number of carbonyl (C=O) groups excluding carboxylic acids is 1. The molecule has 108 valence electrons. The van der Waals surface area contributed by atoms with Crippen LogP contribution in [-0.2, 0) is 0 Å². The molecule has 6 nitrogen and oxygen atoms in total. The van der Waals surface area contributed by atoms with Crippen LogP contribution in [-0.4, -0.2) is 26.1 Å².